The van der Waals surface area contributed by atoms with E-state index in [-0.39, 0.29) is 6.04 Å². The molecule has 0 aliphatic carbocycles. The molecule has 0 fully saturated rings. The molecule has 0 saturated carbocycles. The number of benzene rings is 1. The van der Waals surface area contributed by atoms with Crippen LogP contribution in [0.15, 0.2) is 35.2 Å². The third-order valence-electron chi connectivity index (χ3n) is 3.37. The first-order valence-corrected chi connectivity index (χ1v) is 8.36. The molecular weight excluding hydrogens is 304 g/mol. The van der Waals surface area contributed by atoms with Gasteiger partial charge in [-0.25, -0.2) is 0 Å². The predicted octanol–water partition coefficient (Wildman–Crippen LogP) is 2.80. The maximum atomic E-state index is 6.39. The van der Waals surface area contributed by atoms with Crippen molar-refractivity contribution in [3.05, 3.63) is 46.7 Å². The standard InChI is InChI=1S/C15H21ClN4S/c1-3-13-15(16)14(20(2)19-13)9-11(18-17)10-21-12-7-5-4-6-8-12/h4-8,11,18H,3,9-10,17H2,1-2H3. The molecule has 21 heavy (non-hydrogen) atoms. The van der Waals surface area contributed by atoms with E-state index in [0.717, 1.165) is 35.0 Å². The summed E-state index contributed by atoms with van der Waals surface area (Å²) in [6, 6.07) is 10.4. The predicted molar refractivity (Wildman–Crippen MR) is 89.6 cm³/mol. The van der Waals surface area contributed by atoms with Gasteiger partial charge in [0.25, 0.3) is 0 Å². The third-order valence-corrected chi connectivity index (χ3v) is 4.98. The number of hydrazine groups is 1. The van der Waals surface area contributed by atoms with Crippen molar-refractivity contribution in [3.63, 3.8) is 0 Å². The first kappa shape index (κ1) is 16.4. The van der Waals surface area contributed by atoms with Gasteiger partial charge in [-0.3, -0.25) is 16.0 Å². The second-order valence-electron chi connectivity index (χ2n) is 4.88. The SMILES string of the molecule is CCc1nn(C)c(CC(CSc2ccccc2)NN)c1Cl. The second-order valence-corrected chi connectivity index (χ2v) is 6.35. The van der Waals surface area contributed by atoms with Crippen LogP contribution >= 0.6 is 23.4 Å². The Balaban J connectivity index is 2.01. The van der Waals surface area contributed by atoms with Gasteiger partial charge >= 0.3 is 0 Å². The number of nitrogens with two attached hydrogens (primary N) is 1. The van der Waals surface area contributed by atoms with Crippen LogP contribution in [0.5, 0.6) is 0 Å². The lowest BCUT2D eigenvalue weighted by Crippen LogP contribution is -2.39. The van der Waals surface area contributed by atoms with Crippen LogP contribution in [0.1, 0.15) is 18.3 Å². The Morgan fingerprint density at radius 2 is 2.10 bits per heavy atom. The van der Waals surface area contributed by atoms with Gasteiger partial charge in [-0.2, -0.15) is 5.10 Å². The molecule has 0 aliphatic rings. The van der Waals surface area contributed by atoms with Crippen LogP contribution in [-0.4, -0.2) is 21.6 Å². The Labute approximate surface area is 135 Å². The third kappa shape index (κ3) is 4.23. The lowest BCUT2D eigenvalue weighted by Gasteiger charge is -2.16. The van der Waals surface area contributed by atoms with Crippen LogP contribution in [0, 0.1) is 0 Å². The maximum absolute atomic E-state index is 6.39. The molecule has 2 aromatic rings. The molecule has 0 spiro atoms. The number of thioether (sulfide) groups is 1. The van der Waals surface area contributed by atoms with Crippen molar-refractivity contribution < 1.29 is 0 Å². The molecule has 6 heteroatoms. The highest BCUT2D eigenvalue weighted by Gasteiger charge is 2.17. The molecule has 1 unspecified atom stereocenters. The van der Waals surface area contributed by atoms with Crippen molar-refractivity contribution >= 4 is 23.4 Å². The molecule has 4 nitrogen and oxygen atoms in total. The zero-order chi connectivity index (χ0) is 15.2. The number of hydrogen-bond acceptors (Lipinski definition) is 4. The molecule has 1 atom stereocenters. The Morgan fingerprint density at radius 1 is 1.38 bits per heavy atom. The minimum atomic E-state index is 0.146. The van der Waals surface area contributed by atoms with Gasteiger partial charge in [-0.05, 0) is 18.6 Å². The van der Waals surface area contributed by atoms with E-state index in [9.17, 15) is 0 Å². The van der Waals surface area contributed by atoms with Crippen LogP contribution in [-0.2, 0) is 19.9 Å². The maximum Gasteiger partial charge on any atom is 0.0850 e. The summed E-state index contributed by atoms with van der Waals surface area (Å²) in [5.74, 6) is 6.57. The summed E-state index contributed by atoms with van der Waals surface area (Å²) in [6.07, 6.45) is 1.60. The Hall–Kier alpha value is -1.01. The lowest BCUT2D eigenvalue weighted by atomic mass is 10.1. The smallest absolute Gasteiger partial charge is 0.0850 e. The number of hydrogen-bond donors (Lipinski definition) is 2. The van der Waals surface area contributed by atoms with Gasteiger partial charge in [0.05, 0.1) is 16.4 Å². The van der Waals surface area contributed by atoms with Crippen molar-refractivity contribution in [1.82, 2.24) is 15.2 Å². The molecule has 1 heterocycles. The molecule has 0 bridgehead atoms. The van der Waals surface area contributed by atoms with Crippen LogP contribution in [0.3, 0.4) is 0 Å². The summed E-state index contributed by atoms with van der Waals surface area (Å²) in [5, 5.41) is 5.21. The summed E-state index contributed by atoms with van der Waals surface area (Å²) in [6.45, 7) is 2.06. The van der Waals surface area contributed by atoms with E-state index in [1.165, 1.54) is 4.90 Å². The first-order chi connectivity index (χ1) is 10.2. The molecule has 3 N–H and O–H groups in total. The van der Waals surface area contributed by atoms with E-state index in [0.29, 0.717) is 0 Å². The van der Waals surface area contributed by atoms with E-state index in [4.69, 9.17) is 17.4 Å². The van der Waals surface area contributed by atoms with Gasteiger partial charge in [-0.15, -0.1) is 11.8 Å². The van der Waals surface area contributed by atoms with Gasteiger partial charge in [0.2, 0.25) is 0 Å². The summed E-state index contributed by atoms with van der Waals surface area (Å²) >= 11 is 8.17. The number of aryl methyl sites for hydroxylation is 2. The van der Waals surface area contributed by atoms with E-state index in [1.54, 1.807) is 11.8 Å². The normalized spacial score (nSPS) is 12.6. The van der Waals surface area contributed by atoms with Crippen molar-refractivity contribution in [2.45, 2.75) is 30.7 Å². The average molecular weight is 325 g/mol. The zero-order valence-electron chi connectivity index (χ0n) is 12.3. The van der Waals surface area contributed by atoms with Crippen molar-refractivity contribution in [3.8, 4) is 0 Å². The summed E-state index contributed by atoms with van der Waals surface area (Å²) < 4.78 is 1.86. The summed E-state index contributed by atoms with van der Waals surface area (Å²) in [7, 11) is 1.93. The van der Waals surface area contributed by atoms with Crippen molar-refractivity contribution in [2.24, 2.45) is 12.9 Å². The number of rotatable bonds is 7. The number of aromatic nitrogens is 2. The fourth-order valence-corrected chi connectivity index (χ4v) is 3.48. The quantitative estimate of drug-likeness (QED) is 0.467. The highest BCUT2D eigenvalue weighted by atomic mass is 35.5. The average Bonchev–Trinajstić information content (AvgIpc) is 2.79. The lowest BCUT2D eigenvalue weighted by molar-refractivity contribution is 0.550. The Morgan fingerprint density at radius 3 is 2.67 bits per heavy atom. The van der Waals surface area contributed by atoms with Gasteiger partial charge in [0.15, 0.2) is 0 Å². The zero-order valence-corrected chi connectivity index (χ0v) is 13.9. The molecule has 0 radical (unpaired) electrons. The molecule has 1 aromatic heterocycles. The minimum Gasteiger partial charge on any atom is -0.271 e. The van der Waals surface area contributed by atoms with Crippen molar-refractivity contribution in [1.29, 1.82) is 0 Å². The first-order valence-electron chi connectivity index (χ1n) is 6.99. The number of nitrogens with one attached hydrogen (secondary N) is 1. The van der Waals surface area contributed by atoms with Gasteiger partial charge in [0, 0.05) is 30.2 Å². The van der Waals surface area contributed by atoms with Gasteiger partial charge in [-0.1, -0.05) is 36.7 Å². The molecular formula is C15H21ClN4S. The molecule has 114 valence electrons. The van der Waals surface area contributed by atoms with Crippen LogP contribution in [0.4, 0.5) is 0 Å². The number of nitrogens with zero attached hydrogens (tertiary/aromatic N) is 2. The highest BCUT2D eigenvalue weighted by molar-refractivity contribution is 7.99. The van der Waals surface area contributed by atoms with Crippen LogP contribution in [0.25, 0.3) is 0 Å². The molecule has 0 saturated heterocycles. The highest BCUT2D eigenvalue weighted by Crippen LogP contribution is 2.24. The molecule has 2 rings (SSSR count). The summed E-state index contributed by atoms with van der Waals surface area (Å²) in [4.78, 5) is 1.24. The van der Waals surface area contributed by atoms with E-state index in [1.807, 2.05) is 29.9 Å². The van der Waals surface area contributed by atoms with Crippen molar-refractivity contribution in [2.75, 3.05) is 5.75 Å². The Bertz CT molecular complexity index is 571. The topological polar surface area (TPSA) is 55.9 Å². The molecule has 0 aliphatic heterocycles. The van der Waals surface area contributed by atoms with E-state index >= 15 is 0 Å². The van der Waals surface area contributed by atoms with E-state index < -0.39 is 0 Å². The van der Waals surface area contributed by atoms with Gasteiger partial charge < -0.3 is 0 Å². The fourth-order valence-electron chi connectivity index (χ4n) is 2.15. The largest absolute Gasteiger partial charge is 0.271 e. The summed E-state index contributed by atoms with van der Waals surface area (Å²) in [5.41, 5.74) is 4.86. The molecule has 1 aromatic carbocycles. The molecule has 0 amide bonds. The number of halogens is 1. The van der Waals surface area contributed by atoms with Gasteiger partial charge in [0.1, 0.15) is 0 Å². The van der Waals surface area contributed by atoms with Crippen LogP contribution in [0.2, 0.25) is 5.02 Å². The van der Waals surface area contributed by atoms with E-state index in [2.05, 4.69) is 29.6 Å². The minimum absolute atomic E-state index is 0.146. The monoisotopic (exact) mass is 324 g/mol. The fraction of sp³-hybridized carbons (Fsp3) is 0.400. The Kier molecular flexibility index (Phi) is 6.11. The van der Waals surface area contributed by atoms with Crippen LogP contribution < -0.4 is 11.3 Å². The second kappa shape index (κ2) is 7.84.